The summed E-state index contributed by atoms with van der Waals surface area (Å²) in [5.74, 6) is -6.87. The lowest BCUT2D eigenvalue weighted by Crippen LogP contribution is -2.63. The number of amides is 1. The van der Waals surface area contributed by atoms with Gasteiger partial charge in [0.25, 0.3) is 5.91 Å². The van der Waals surface area contributed by atoms with E-state index in [4.69, 9.17) is 5.73 Å². The van der Waals surface area contributed by atoms with E-state index in [1.807, 2.05) is 0 Å². The smallest absolute Gasteiger partial charge is 0.255 e. The van der Waals surface area contributed by atoms with Gasteiger partial charge in [0.05, 0.1) is 11.6 Å². The number of aromatic hydroxyl groups is 1. The van der Waals surface area contributed by atoms with Gasteiger partial charge < -0.3 is 26.2 Å². The van der Waals surface area contributed by atoms with Crippen LogP contribution < -0.4 is 5.73 Å². The molecule has 45 heavy (non-hydrogen) atoms. The highest BCUT2D eigenvalue weighted by Crippen LogP contribution is 2.52. The number of benzene rings is 1. The number of hydrogen-bond donors (Lipinski definition) is 5. The largest absolute Gasteiger partial charge is 0.510 e. The molecular formula is C34H44FN3O7. The zero-order valence-electron chi connectivity index (χ0n) is 26.0. The Morgan fingerprint density at radius 1 is 1.02 bits per heavy atom. The number of likely N-dealkylation sites (N-methyl/N-ethyl adjacent to an activating group) is 1. The number of fused-ring (bicyclic) bond motifs is 3. The second kappa shape index (κ2) is 11.8. The molecule has 5 aliphatic carbocycles. The van der Waals surface area contributed by atoms with Crippen molar-refractivity contribution in [1.29, 1.82) is 0 Å². The van der Waals surface area contributed by atoms with Crippen LogP contribution in [0.5, 0.6) is 5.75 Å². The van der Waals surface area contributed by atoms with Crippen LogP contribution in [0.4, 0.5) is 4.39 Å². The van der Waals surface area contributed by atoms with Gasteiger partial charge in [-0.15, -0.1) is 0 Å². The van der Waals surface area contributed by atoms with Crippen molar-refractivity contribution >= 4 is 17.5 Å². The molecule has 2 fully saturated rings. The number of allylic oxidation sites excluding steroid dienone is 1. The first-order valence-electron chi connectivity index (χ1n) is 16.2. The van der Waals surface area contributed by atoms with E-state index in [9.17, 15) is 34.8 Å². The minimum Gasteiger partial charge on any atom is -0.510 e. The summed E-state index contributed by atoms with van der Waals surface area (Å²) < 4.78 is 16.4. The van der Waals surface area contributed by atoms with E-state index in [1.54, 1.807) is 14.1 Å². The number of nitrogens with zero attached hydrogens (tertiary/aromatic N) is 2. The maximum Gasteiger partial charge on any atom is 0.255 e. The van der Waals surface area contributed by atoms with E-state index in [0.29, 0.717) is 23.9 Å². The second-order valence-electron chi connectivity index (χ2n) is 14.2. The fourth-order valence-electron chi connectivity index (χ4n) is 8.49. The molecule has 2 saturated carbocycles. The van der Waals surface area contributed by atoms with Crippen LogP contribution in [0.3, 0.4) is 0 Å². The van der Waals surface area contributed by atoms with Crippen LogP contribution in [0.2, 0.25) is 0 Å². The number of Topliss-reactive ketones (excluding diaryl/α,β-unsaturated/α-hetero) is 2. The number of carbonyl (C=O) groups is 3. The number of nitrogens with two attached hydrogens (primary N) is 1. The van der Waals surface area contributed by atoms with Gasteiger partial charge in [-0.1, -0.05) is 25.7 Å². The van der Waals surface area contributed by atoms with Crippen molar-refractivity contribution in [1.82, 2.24) is 9.80 Å². The van der Waals surface area contributed by atoms with Crippen molar-refractivity contribution in [2.75, 3.05) is 27.2 Å². The van der Waals surface area contributed by atoms with Crippen LogP contribution in [0, 0.1) is 29.5 Å². The van der Waals surface area contributed by atoms with E-state index in [2.05, 4.69) is 4.90 Å². The molecule has 4 atom stereocenters. The minimum absolute atomic E-state index is 0.0453. The van der Waals surface area contributed by atoms with E-state index in [0.717, 1.165) is 38.8 Å². The highest BCUT2D eigenvalue weighted by atomic mass is 19.1. The fraction of sp³-hybridized carbons (Fsp3) is 0.618. The first-order chi connectivity index (χ1) is 21.3. The Bertz CT molecular complexity index is 1490. The Labute approximate surface area is 262 Å². The quantitative estimate of drug-likeness (QED) is 0.215. The van der Waals surface area contributed by atoms with Gasteiger partial charge in [-0.25, -0.2) is 4.39 Å². The van der Waals surface area contributed by atoms with E-state index < -0.39 is 69.6 Å². The van der Waals surface area contributed by atoms with Crippen molar-refractivity contribution in [2.45, 2.75) is 82.4 Å². The molecule has 0 bridgehead atoms. The van der Waals surface area contributed by atoms with Gasteiger partial charge in [0, 0.05) is 42.3 Å². The number of rotatable bonds is 8. The molecule has 10 nitrogen and oxygen atoms in total. The Kier molecular flexibility index (Phi) is 8.33. The summed E-state index contributed by atoms with van der Waals surface area (Å²) in [4.78, 5) is 43.3. The van der Waals surface area contributed by atoms with Crippen LogP contribution >= 0.6 is 0 Å². The molecular weight excluding hydrogens is 581 g/mol. The van der Waals surface area contributed by atoms with E-state index in [-0.39, 0.29) is 29.5 Å². The highest BCUT2D eigenvalue weighted by Gasteiger charge is 2.63. The summed E-state index contributed by atoms with van der Waals surface area (Å²) in [7, 11) is 3.14. The predicted molar refractivity (Wildman–Crippen MR) is 163 cm³/mol. The molecule has 0 saturated heterocycles. The highest BCUT2D eigenvalue weighted by molar-refractivity contribution is 6.24. The SMILES string of the molecule is CN(C)[C@@H]1C(O)=C(C(N)=O)C(=O)[C@@]2(O)C(O)=C3C(=O)c4c(O)cc(CN(CC5CCCCCC5)CC5CC5)c(F)c4C[C@H]3C[C@@H]12. The van der Waals surface area contributed by atoms with Gasteiger partial charge in [0.2, 0.25) is 5.78 Å². The van der Waals surface area contributed by atoms with Crippen molar-refractivity contribution in [3.05, 3.63) is 51.2 Å². The molecule has 5 aliphatic rings. The Morgan fingerprint density at radius 3 is 2.22 bits per heavy atom. The van der Waals surface area contributed by atoms with Crippen LogP contribution in [0.1, 0.15) is 79.3 Å². The topological polar surface area (TPSA) is 165 Å². The van der Waals surface area contributed by atoms with Gasteiger partial charge in [-0.3, -0.25) is 24.2 Å². The molecule has 0 radical (unpaired) electrons. The number of aliphatic hydroxyl groups is 3. The lowest BCUT2D eigenvalue weighted by atomic mass is 9.58. The summed E-state index contributed by atoms with van der Waals surface area (Å²) in [5.41, 5.74) is 1.57. The van der Waals surface area contributed by atoms with Crippen LogP contribution in [0.25, 0.3) is 0 Å². The molecule has 6 N–H and O–H groups in total. The average molecular weight is 626 g/mol. The molecule has 1 aromatic carbocycles. The Morgan fingerprint density at radius 2 is 1.64 bits per heavy atom. The number of phenolic OH excluding ortho intramolecular Hbond substituents is 1. The first kappa shape index (κ1) is 31.7. The lowest BCUT2D eigenvalue weighted by Gasteiger charge is -2.50. The summed E-state index contributed by atoms with van der Waals surface area (Å²) in [5, 5.41) is 45.3. The molecule has 1 aromatic rings. The van der Waals surface area contributed by atoms with E-state index >= 15 is 4.39 Å². The Hall–Kier alpha value is -3.28. The molecule has 1 amide bonds. The zero-order valence-corrected chi connectivity index (χ0v) is 26.0. The average Bonchev–Trinajstić information content (AvgIpc) is 3.81. The van der Waals surface area contributed by atoms with Gasteiger partial charge >= 0.3 is 0 Å². The molecule has 6 rings (SSSR count). The molecule has 244 valence electrons. The van der Waals surface area contributed by atoms with Gasteiger partial charge in [0.1, 0.15) is 28.7 Å². The Balaban J connectivity index is 1.36. The molecule has 11 heteroatoms. The number of phenols is 1. The number of primary amides is 1. The fourth-order valence-corrected chi connectivity index (χ4v) is 8.49. The standard InChI is InChI=1S/C34H44FN3O7/c1-37(2)28-22-12-19-11-21-25(29(40)24(19)31(42)34(22,45)32(43)26(30(28)41)33(36)44)23(39)13-20(27(21)35)16-38(15-18-9-10-18)14-17-7-5-3-4-6-8-17/h13,17-19,22,28,39,41-42,45H,3-12,14-16H2,1-2H3,(H2,36,44)/t19-,22-,28-,34-/m0/s1. The van der Waals surface area contributed by atoms with Crippen LogP contribution in [0.15, 0.2) is 28.7 Å². The summed E-state index contributed by atoms with van der Waals surface area (Å²) in [6, 6.07) is 0.192. The molecule has 0 aromatic heterocycles. The minimum atomic E-state index is -2.72. The number of hydrogen-bond acceptors (Lipinski definition) is 9. The maximum absolute atomic E-state index is 16.4. The third-order valence-corrected chi connectivity index (χ3v) is 10.8. The number of ketones is 2. The number of aliphatic hydroxyl groups excluding tert-OH is 2. The van der Waals surface area contributed by atoms with E-state index in [1.165, 1.54) is 36.6 Å². The van der Waals surface area contributed by atoms with Gasteiger partial charge in [0.15, 0.2) is 11.4 Å². The molecule has 0 heterocycles. The normalized spacial score (nSPS) is 29.2. The zero-order chi connectivity index (χ0) is 32.4. The predicted octanol–water partition coefficient (Wildman–Crippen LogP) is 3.44. The molecule has 0 aliphatic heterocycles. The number of carbonyl (C=O) groups excluding carboxylic acids is 3. The van der Waals surface area contributed by atoms with Crippen molar-refractivity contribution in [2.24, 2.45) is 29.4 Å². The third-order valence-electron chi connectivity index (χ3n) is 10.8. The second-order valence-corrected chi connectivity index (χ2v) is 14.2. The summed E-state index contributed by atoms with van der Waals surface area (Å²) in [6.45, 7) is 2.03. The van der Waals surface area contributed by atoms with Crippen molar-refractivity contribution in [3.63, 3.8) is 0 Å². The monoisotopic (exact) mass is 625 g/mol. The van der Waals surface area contributed by atoms with Crippen LogP contribution in [-0.2, 0) is 22.6 Å². The van der Waals surface area contributed by atoms with Crippen molar-refractivity contribution in [3.8, 4) is 5.75 Å². The lowest BCUT2D eigenvalue weighted by molar-refractivity contribution is -0.148. The first-order valence-corrected chi connectivity index (χ1v) is 16.2. The maximum atomic E-state index is 16.4. The van der Waals surface area contributed by atoms with Gasteiger partial charge in [-0.2, -0.15) is 0 Å². The molecule has 0 unspecified atom stereocenters. The van der Waals surface area contributed by atoms with Crippen molar-refractivity contribution < 1.29 is 39.2 Å². The van der Waals surface area contributed by atoms with Gasteiger partial charge in [-0.05, 0) is 76.4 Å². The van der Waals surface area contributed by atoms with Crippen LogP contribution in [-0.4, -0.2) is 86.5 Å². The summed E-state index contributed by atoms with van der Waals surface area (Å²) in [6.07, 6.45) is 9.39. The molecule has 0 spiro atoms. The number of halogens is 1. The summed E-state index contributed by atoms with van der Waals surface area (Å²) >= 11 is 0. The third kappa shape index (κ3) is 5.36.